The minimum absolute atomic E-state index is 0. The van der Waals surface area contributed by atoms with E-state index < -0.39 is 7.26 Å². The molecule has 0 aliphatic carbocycles. The summed E-state index contributed by atoms with van der Waals surface area (Å²) in [5, 5.41) is 28.6. The van der Waals surface area contributed by atoms with Crippen LogP contribution in [0.5, 0.6) is 0 Å². The van der Waals surface area contributed by atoms with E-state index in [1.54, 1.807) is 7.05 Å². The molecule has 0 bridgehead atoms. The molecule has 239 valence electrons. The van der Waals surface area contributed by atoms with Crippen LogP contribution in [0.4, 0.5) is 0 Å². The van der Waals surface area contributed by atoms with Crippen LogP contribution in [0.3, 0.4) is 0 Å². The van der Waals surface area contributed by atoms with E-state index in [0.29, 0.717) is 17.7 Å². The molecule has 0 heterocycles. The first-order chi connectivity index (χ1) is 22.5. The van der Waals surface area contributed by atoms with Crippen molar-refractivity contribution in [2.45, 2.75) is 0 Å². The largest absolute Gasteiger partial charge is 2.00 e. The number of halogens is 1. The Morgan fingerprint density at radius 2 is 0.936 bits per heavy atom. The van der Waals surface area contributed by atoms with E-state index in [1.165, 1.54) is 15.9 Å². The van der Waals surface area contributed by atoms with Crippen molar-refractivity contribution in [2.24, 2.45) is 20.4 Å². The second kappa shape index (κ2) is 18.2. The summed E-state index contributed by atoms with van der Waals surface area (Å²) in [6, 6.07) is 49.6. The van der Waals surface area contributed by atoms with Crippen molar-refractivity contribution < 1.29 is 17.1 Å². The van der Waals surface area contributed by atoms with Crippen molar-refractivity contribution in [1.29, 1.82) is 0 Å². The first-order valence-electron chi connectivity index (χ1n) is 14.4. The first-order valence-corrected chi connectivity index (χ1v) is 18.3. The van der Waals surface area contributed by atoms with Gasteiger partial charge in [-0.2, -0.15) is 10.2 Å². The number of rotatable bonds is 10. The summed E-state index contributed by atoms with van der Waals surface area (Å²) < 4.78 is 1.10. The second-order valence-electron chi connectivity index (χ2n) is 9.98. The van der Waals surface area contributed by atoms with Crippen LogP contribution in [-0.2, 0) is 42.3 Å². The summed E-state index contributed by atoms with van der Waals surface area (Å²) in [4.78, 5) is 0. The Labute approximate surface area is 312 Å². The fourth-order valence-electron chi connectivity index (χ4n) is 4.92. The molecular weight excluding hydrogens is 802 g/mol. The molecule has 0 amide bonds. The maximum absolute atomic E-state index is 5.82. The Hall–Kier alpha value is -3.50. The van der Waals surface area contributed by atoms with Gasteiger partial charge in [0.15, 0.2) is 0 Å². The van der Waals surface area contributed by atoms with Crippen LogP contribution in [0.2, 0.25) is 0 Å². The average Bonchev–Trinajstić information content (AvgIpc) is 3.12. The van der Waals surface area contributed by atoms with E-state index in [2.05, 4.69) is 121 Å². The van der Waals surface area contributed by atoms with Crippen LogP contribution >= 0.6 is 29.9 Å². The zero-order chi connectivity index (χ0) is 32.2. The van der Waals surface area contributed by atoms with Crippen molar-refractivity contribution in [1.82, 2.24) is 10.6 Å². The normalized spacial score (nSPS) is 12.6. The number of hydrogen-bond acceptors (Lipinski definition) is 6. The van der Waals surface area contributed by atoms with Gasteiger partial charge in [0.25, 0.3) is 0 Å². The monoisotopic (exact) mass is 832 g/mol. The Morgan fingerprint density at radius 3 is 1.36 bits per heavy atom. The van der Waals surface area contributed by atoms with Crippen LogP contribution in [0.25, 0.3) is 0 Å². The molecule has 0 aliphatic rings. The van der Waals surface area contributed by atoms with Gasteiger partial charge in [-0.05, 0) is 76.3 Å². The topological polar surface area (TPSA) is 73.5 Å². The molecule has 6 nitrogen and oxygen atoms in total. The standard InChI is InChI=1S/C36H32IN6PS2.Cu/c1-38-35(45)42-40-34(28-22-24-29(37)25-23-28)33(27-14-6-2-7-15-27)41-43-36(46)39-26-44(30-16-8-3-9-17-30,31-18-10-4-11-19-31)32-20-12-5-13-21-32;/h2-25H,26H2,1H3,(H3-,38,39,40,41,42,43,45,46);/q;+2/p-1. The third kappa shape index (κ3) is 9.32. The van der Waals surface area contributed by atoms with Crippen molar-refractivity contribution in [3.05, 3.63) is 160 Å². The molecular formula is C36H31CuIN6PS2+. The smallest absolute Gasteiger partial charge is 0.741 e. The molecule has 0 saturated carbocycles. The molecule has 0 fully saturated rings. The minimum Gasteiger partial charge on any atom is -0.741 e. The van der Waals surface area contributed by atoms with Gasteiger partial charge in [0.1, 0.15) is 40.9 Å². The average molecular weight is 833 g/mol. The molecule has 0 atom stereocenters. The summed E-state index contributed by atoms with van der Waals surface area (Å²) in [6.07, 6.45) is 0.563. The van der Waals surface area contributed by atoms with E-state index in [4.69, 9.17) is 30.4 Å². The Kier molecular flexibility index (Phi) is 14.0. The maximum atomic E-state index is 5.82. The van der Waals surface area contributed by atoms with E-state index in [1.807, 2.05) is 72.8 Å². The van der Waals surface area contributed by atoms with Gasteiger partial charge in [-0.25, -0.2) is 0 Å². The van der Waals surface area contributed by atoms with Crippen molar-refractivity contribution >= 4 is 92.8 Å². The molecule has 5 aromatic rings. The third-order valence-electron chi connectivity index (χ3n) is 7.14. The molecule has 5 rings (SSSR count). The van der Waals surface area contributed by atoms with E-state index >= 15 is 0 Å². The van der Waals surface area contributed by atoms with Crippen molar-refractivity contribution in [2.75, 3.05) is 13.3 Å². The Morgan fingerprint density at radius 1 is 0.553 bits per heavy atom. The second-order valence-corrected chi connectivity index (χ2v) is 15.5. The van der Waals surface area contributed by atoms with Gasteiger partial charge in [0.05, 0.1) is 0 Å². The number of nitrogens with zero attached hydrogens (tertiary/aromatic N) is 4. The summed E-state index contributed by atoms with van der Waals surface area (Å²) >= 11 is 13.4. The van der Waals surface area contributed by atoms with Gasteiger partial charge in [-0.1, -0.05) is 97.1 Å². The molecule has 0 saturated heterocycles. The van der Waals surface area contributed by atoms with Crippen LogP contribution in [0.15, 0.2) is 166 Å². The van der Waals surface area contributed by atoms with Gasteiger partial charge < -0.3 is 35.9 Å². The maximum Gasteiger partial charge on any atom is 2.00 e. The zero-order valence-electron chi connectivity index (χ0n) is 25.3. The molecule has 1 radical (unpaired) electrons. The fourth-order valence-corrected chi connectivity index (χ4v) is 9.41. The molecule has 47 heavy (non-hydrogen) atoms. The van der Waals surface area contributed by atoms with E-state index in [-0.39, 0.29) is 27.4 Å². The van der Waals surface area contributed by atoms with Gasteiger partial charge in [0, 0.05) is 26.9 Å². The van der Waals surface area contributed by atoms with Crippen LogP contribution in [-0.4, -0.2) is 35.1 Å². The number of amidine groups is 2. The number of benzene rings is 5. The zero-order valence-corrected chi connectivity index (χ0v) is 30.9. The van der Waals surface area contributed by atoms with E-state index in [9.17, 15) is 0 Å². The number of nitrogens with one attached hydrogen (secondary N) is 2. The molecule has 11 heteroatoms. The molecule has 2 N–H and O–H groups in total. The van der Waals surface area contributed by atoms with Gasteiger partial charge in [0.2, 0.25) is 0 Å². The predicted octanol–water partition coefficient (Wildman–Crippen LogP) is 5.96. The molecule has 0 aliphatic heterocycles. The molecule has 0 spiro atoms. The Balaban J connectivity index is 0.00000500. The fraction of sp³-hybridized carbons (Fsp3) is 0.0556. The van der Waals surface area contributed by atoms with Crippen molar-refractivity contribution in [3.8, 4) is 0 Å². The predicted molar refractivity (Wildman–Crippen MR) is 210 cm³/mol. The molecule has 0 aromatic heterocycles. The van der Waals surface area contributed by atoms with Gasteiger partial charge in [-0.3, -0.25) is 0 Å². The van der Waals surface area contributed by atoms with Gasteiger partial charge in [-0.15, -0.1) is 10.2 Å². The van der Waals surface area contributed by atoms with Crippen LogP contribution in [0, 0.1) is 3.57 Å². The Bertz CT molecular complexity index is 1740. The summed E-state index contributed by atoms with van der Waals surface area (Å²) in [6.45, 7) is 0. The van der Waals surface area contributed by atoms with Gasteiger partial charge >= 0.3 is 17.1 Å². The van der Waals surface area contributed by atoms with Crippen LogP contribution in [0.1, 0.15) is 11.1 Å². The van der Waals surface area contributed by atoms with Crippen LogP contribution < -0.4 is 26.5 Å². The van der Waals surface area contributed by atoms with Crippen molar-refractivity contribution in [3.63, 3.8) is 0 Å². The summed E-state index contributed by atoms with van der Waals surface area (Å²) in [5.41, 5.74) is 2.67. The quantitative estimate of drug-likeness (QED) is 0.0347. The SMILES string of the molecule is CN/C([S-])=N/N=C(/C(=N/N=C(\[S-])NC[P+](c1ccccc1)(c1ccccc1)c1ccccc1)c1ccccc1)c1ccc(I)cc1.[Cu+2]. The molecule has 0 unspecified atom stereocenters. The first kappa shape index (κ1) is 36.3. The third-order valence-corrected chi connectivity index (χ3v) is 12.5. The van der Waals surface area contributed by atoms with E-state index in [0.717, 1.165) is 14.7 Å². The summed E-state index contributed by atoms with van der Waals surface area (Å²) in [7, 11) is -0.468. The number of hydrogen-bond donors (Lipinski definition) is 2. The minimum atomic E-state index is -2.18. The molecule has 5 aromatic carbocycles. The summed E-state index contributed by atoms with van der Waals surface area (Å²) in [5.74, 6) is 0.